The van der Waals surface area contributed by atoms with E-state index in [1.807, 2.05) is 0 Å². The summed E-state index contributed by atoms with van der Waals surface area (Å²) in [5, 5.41) is 18.2. The van der Waals surface area contributed by atoms with Gasteiger partial charge in [-0.25, -0.2) is 14.8 Å². The number of nitrogen functional groups attached to an aromatic ring is 1. The van der Waals surface area contributed by atoms with Crippen molar-refractivity contribution in [1.82, 2.24) is 30.6 Å². The Kier molecular flexibility index (Phi) is 29.4. The zero-order valence-electron chi connectivity index (χ0n) is 39.7. The van der Waals surface area contributed by atoms with Crippen molar-refractivity contribution in [2.24, 2.45) is 0 Å². The average molecular weight is 993 g/mol. The molecule has 386 valence electrons. The molecule has 3 rings (SSSR count). The summed E-state index contributed by atoms with van der Waals surface area (Å²) in [5.74, 6) is 4.76. The number of aliphatic carboxylic acids is 1. The van der Waals surface area contributed by atoms with E-state index in [2.05, 4.69) is 53.6 Å². The molecule has 3 aromatic rings. The summed E-state index contributed by atoms with van der Waals surface area (Å²) in [6.07, 6.45) is 18.0. The van der Waals surface area contributed by atoms with Crippen LogP contribution in [-0.4, -0.2) is 179 Å². The molecule has 0 bridgehead atoms. The Labute approximate surface area is 412 Å². The van der Waals surface area contributed by atoms with Gasteiger partial charge in [-0.15, -0.1) is 19.3 Å². The Morgan fingerprint density at radius 3 is 1.75 bits per heavy atom. The van der Waals surface area contributed by atoms with E-state index < -0.39 is 29.0 Å². The van der Waals surface area contributed by atoms with E-state index >= 15 is 0 Å². The monoisotopic (exact) mass is 992 g/mol. The highest BCUT2D eigenvalue weighted by molar-refractivity contribution is 5.97. The Morgan fingerprint density at radius 1 is 0.704 bits per heavy atom. The SMILES string of the molecule is C#CCOCC(COCC#C)(COCC#C)NC(=O)CCOCCOCCOCCOCCOCCOCCCC(=O)CC[C@H](NC(=O)c1ccc(NCc2cnc3nc(N)[nH]c(=O)c3n2)cc1)C(=O)O. The van der Waals surface area contributed by atoms with Gasteiger partial charge in [0.05, 0.1) is 111 Å². The number of carboxylic acids is 1. The van der Waals surface area contributed by atoms with Crippen molar-refractivity contribution >= 4 is 46.4 Å². The number of amides is 2. The number of aromatic amines is 1. The number of hydrogen-bond donors (Lipinski definition) is 6. The molecule has 0 saturated carbocycles. The normalized spacial score (nSPS) is 11.6. The first-order valence-corrected chi connectivity index (χ1v) is 22.7. The number of carbonyl (C=O) groups is 4. The third kappa shape index (κ3) is 25.2. The maximum absolute atomic E-state index is 12.8. The summed E-state index contributed by atoms with van der Waals surface area (Å²) in [4.78, 5) is 76.7. The van der Waals surface area contributed by atoms with E-state index in [4.69, 9.17) is 67.6 Å². The molecule has 2 amide bonds. The van der Waals surface area contributed by atoms with Gasteiger partial charge in [0.2, 0.25) is 11.9 Å². The predicted octanol–water partition coefficient (Wildman–Crippen LogP) is 0.514. The average Bonchev–Trinajstić information content (AvgIpc) is 3.35. The topological polar surface area (TPSA) is 305 Å². The number of rotatable bonds is 41. The molecular weight excluding hydrogens is 929 g/mol. The Hall–Kier alpha value is -6.56. The number of aromatic nitrogens is 4. The summed E-state index contributed by atoms with van der Waals surface area (Å²) in [5.41, 5.74) is 5.48. The zero-order valence-corrected chi connectivity index (χ0v) is 39.7. The molecule has 0 fully saturated rings. The van der Waals surface area contributed by atoms with Crippen molar-refractivity contribution in [3.63, 3.8) is 0 Å². The fourth-order valence-corrected chi connectivity index (χ4v) is 6.16. The van der Waals surface area contributed by atoms with Crippen molar-refractivity contribution in [1.29, 1.82) is 0 Å². The summed E-state index contributed by atoms with van der Waals surface area (Å²) in [7, 11) is 0. The minimum atomic E-state index is -1.26. The van der Waals surface area contributed by atoms with Crippen LogP contribution in [0.25, 0.3) is 11.2 Å². The zero-order chi connectivity index (χ0) is 51.4. The minimum absolute atomic E-state index is 0.0245. The molecular formula is C48H64N8O15. The molecule has 7 N–H and O–H groups in total. The van der Waals surface area contributed by atoms with Gasteiger partial charge in [-0.05, 0) is 37.1 Å². The largest absolute Gasteiger partial charge is 0.480 e. The minimum Gasteiger partial charge on any atom is -0.480 e. The lowest BCUT2D eigenvalue weighted by molar-refractivity contribution is -0.139. The van der Waals surface area contributed by atoms with Gasteiger partial charge in [-0.2, -0.15) is 4.98 Å². The molecule has 23 heteroatoms. The van der Waals surface area contributed by atoms with Crippen molar-refractivity contribution < 1.29 is 66.9 Å². The Balaban J connectivity index is 1.12. The molecule has 0 aliphatic heterocycles. The molecule has 1 atom stereocenters. The number of carboxylic acid groups (broad SMARTS) is 1. The summed E-state index contributed by atoms with van der Waals surface area (Å²) in [6.45, 7) is 4.35. The smallest absolute Gasteiger partial charge is 0.326 e. The Bertz CT molecular complexity index is 2210. The molecule has 0 aliphatic rings. The van der Waals surface area contributed by atoms with E-state index in [9.17, 15) is 29.1 Å². The molecule has 2 aromatic heterocycles. The van der Waals surface area contributed by atoms with Crippen LogP contribution in [0.1, 0.15) is 48.2 Å². The highest BCUT2D eigenvalue weighted by atomic mass is 16.6. The number of anilines is 2. The van der Waals surface area contributed by atoms with Gasteiger partial charge in [-0.1, -0.05) is 17.8 Å². The number of terminal acetylenes is 3. The molecule has 71 heavy (non-hydrogen) atoms. The maximum atomic E-state index is 12.8. The second-order valence-electron chi connectivity index (χ2n) is 15.3. The number of carbonyl (C=O) groups excluding carboxylic acids is 3. The number of nitrogens with one attached hydrogen (secondary N) is 4. The van der Waals surface area contributed by atoms with Gasteiger partial charge in [0.1, 0.15) is 37.2 Å². The van der Waals surface area contributed by atoms with Gasteiger partial charge in [0.25, 0.3) is 11.5 Å². The summed E-state index contributed by atoms with van der Waals surface area (Å²) in [6, 6.07) is 5.06. The molecule has 0 radical (unpaired) electrons. The number of Topliss-reactive ketones (excluding diaryl/α,β-unsaturated/α-hetero) is 1. The van der Waals surface area contributed by atoms with E-state index in [-0.39, 0.29) is 119 Å². The fourth-order valence-electron chi connectivity index (χ4n) is 6.16. The fraction of sp³-hybridized carbons (Fsp3) is 0.542. The third-order valence-corrected chi connectivity index (χ3v) is 9.60. The van der Waals surface area contributed by atoms with Gasteiger partial charge >= 0.3 is 5.97 Å². The number of ketones is 1. The number of benzene rings is 1. The second-order valence-corrected chi connectivity index (χ2v) is 15.3. The van der Waals surface area contributed by atoms with Crippen molar-refractivity contribution in [2.45, 2.75) is 50.2 Å². The van der Waals surface area contributed by atoms with Crippen LogP contribution in [0.2, 0.25) is 0 Å². The van der Waals surface area contributed by atoms with Crippen molar-refractivity contribution in [3.8, 4) is 37.0 Å². The van der Waals surface area contributed by atoms with Crippen LogP contribution in [0.4, 0.5) is 11.6 Å². The standard InChI is InChI=1S/C48H64N8O15/c1-4-16-69-33-48(34-70-17-5-2,35-71-18-6-3)56-41(58)15-20-64-22-24-66-26-28-68-30-29-67-27-25-65-23-21-63-19-7-8-39(57)13-14-40(46(61)62)53-44(59)36-9-11-37(12-10-36)50-31-38-32-51-43-42(52-38)45(60)55-47(49)54-43/h1-3,9-12,32,40,50H,7-8,13-31,33-35H2,(H,53,59)(H,56,58)(H,61,62)(H3,49,51,54,55,60)/t40-/m0/s1. The number of nitrogens with zero attached hydrogens (tertiary/aromatic N) is 3. The van der Waals surface area contributed by atoms with Crippen LogP contribution in [0.3, 0.4) is 0 Å². The summed E-state index contributed by atoms with van der Waals surface area (Å²) < 4.78 is 49.5. The first-order chi connectivity index (χ1) is 34.5. The highest BCUT2D eigenvalue weighted by Crippen LogP contribution is 2.14. The lowest BCUT2D eigenvalue weighted by Crippen LogP contribution is -2.58. The molecule has 0 aliphatic carbocycles. The third-order valence-electron chi connectivity index (χ3n) is 9.60. The molecule has 0 saturated heterocycles. The van der Waals surface area contributed by atoms with E-state index in [1.165, 1.54) is 18.3 Å². The number of hydrogen-bond acceptors (Lipinski definition) is 19. The van der Waals surface area contributed by atoms with E-state index in [1.54, 1.807) is 12.1 Å². The molecule has 23 nitrogen and oxygen atoms in total. The van der Waals surface area contributed by atoms with Gasteiger partial charge in [-0.3, -0.25) is 24.2 Å². The number of ether oxygens (including phenoxy) is 9. The maximum Gasteiger partial charge on any atom is 0.326 e. The van der Waals surface area contributed by atoms with E-state index in [0.29, 0.717) is 83.9 Å². The number of nitrogens with two attached hydrogens (primary N) is 1. The number of H-pyrrole nitrogens is 1. The summed E-state index contributed by atoms with van der Waals surface area (Å²) >= 11 is 0. The van der Waals surface area contributed by atoms with Gasteiger partial charge < -0.3 is 69.4 Å². The van der Waals surface area contributed by atoms with Crippen LogP contribution in [0.5, 0.6) is 0 Å². The lowest BCUT2D eigenvalue weighted by Gasteiger charge is -2.33. The van der Waals surface area contributed by atoms with Gasteiger partial charge in [0, 0.05) is 37.1 Å². The van der Waals surface area contributed by atoms with Crippen LogP contribution >= 0.6 is 0 Å². The lowest BCUT2D eigenvalue weighted by atomic mass is 10.0. The first kappa shape index (κ1) is 58.8. The van der Waals surface area contributed by atoms with Crippen LogP contribution in [-0.2, 0) is 63.6 Å². The molecule has 0 unspecified atom stereocenters. The van der Waals surface area contributed by atoms with Crippen LogP contribution in [0.15, 0.2) is 35.3 Å². The molecule has 1 aromatic carbocycles. The molecule has 2 heterocycles. The van der Waals surface area contributed by atoms with Crippen LogP contribution in [0, 0.1) is 37.0 Å². The predicted molar refractivity (Wildman–Crippen MR) is 258 cm³/mol. The Morgan fingerprint density at radius 2 is 1.23 bits per heavy atom. The van der Waals surface area contributed by atoms with Crippen molar-refractivity contribution in [2.75, 3.05) is 130 Å². The van der Waals surface area contributed by atoms with E-state index in [0.717, 1.165) is 0 Å². The number of fused-ring (bicyclic) bond motifs is 1. The first-order valence-electron chi connectivity index (χ1n) is 22.7. The second kappa shape index (κ2) is 35.5. The highest BCUT2D eigenvalue weighted by Gasteiger charge is 2.33. The van der Waals surface area contributed by atoms with Gasteiger partial charge in [0.15, 0.2) is 11.2 Å². The quantitative estimate of drug-likeness (QED) is 0.0333. The molecule has 0 spiro atoms. The van der Waals surface area contributed by atoms with Crippen molar-refractivity contribution in [3.05, 3.63) is 52.1 Å². The van der Waals surface area contributed by atoms with Crippen LogP contribution < -0.4 is 27.2 Å².